The Balaban J connectivity index is 2.19. The number of nitrogens with zero attached hydrogens (tertiary/aromatic N) is 2. The quantitative estimate of drug-likeness (QED) is 0.143. The van der Waals surface area contributed by atoms with E-state index in [1.807, 2.05) is 52.0 Å². The zero-order valence-electron chi connectivity index (χ0n) is 21.6. The molecule has 202 valence electrons. The summed E-state index contributed by atoms with van der Waals surface area (Å²) in [7, 11) is -10.2. The average Bonchev–Trinajstić information content (AvgIpc) is 2.87. The Morgan fingerprint density at radius 1 is 0.868 bits per heavy atom. The van der Waals surface area contributed by atoms with Gasteiger partial charge in [-0.1, -0.05) is 6.07 Å². The summed E-state index contributed by atoms with van der Waals surface area (Å²) in [6.45, 7) is 11.2. The summed E-state index contributed by atoms with van der Waals surface area (Å²) in [6, 6.07) is 13.9. The lowest BCUT2D eigenvalue weighted by Gasteiger charge is -2.22. The molecule has 1 N–H and O–H groups in total. The number of hydrogen-bond donors (Lipinski definition) is 1. The summed E-state index contributed by atoms with van der Waals surface area (Å²) >= 11 is 0. The van der Waals surface area contributed by atoms with E-state index < -0.39 is 30.1 Å². The van der Waals surface area contributed by atoms with Crippen LogP contribution in [0.1, 0.15) is 27.7 Å². The lowest BCUT2D eigenvalue weighted by atomic mass is 9.93. The molecule has 0 aromatic heterocycles. The van der Waals surface area contributed by atoms with E-state index in [2.05, 4.69) is 9.48 Å². The number of benzene rings is 3. The number of hydrogen-bond acceptors (Lipinski definition) is 6. The van der Waals surface area contributed by atoms with Crippen molar-refractivity contribution < 1.29 is 29.7 Å². The summed E-state index contributed by atoms with van der Waals surface area (Å²) in [4.78, 5) is 0.553. The van der Waals surface area contributed by atoms with Gasteiger partial charge in [0.1, 0.15) is 29.3 Å². The normalized spacial score (nSPS) is 12.3. The molecule has 0 spiro atoms. The highest BCUT2D eigenvalue weighted by molar-refractivity contribution is 7.87. The summed E-state index contributed by atoms with van der Waals surface area (Å²) in [5.41, 5.74) is 2.36. The van der Waals surface area contributed by atoms with Crippen LogP contribution >= 0.6 is 0 Å². The third-order valence-corrected chi connectivity index (χ3v) is 8.44. The van der Waals surface area contributed by atoms with Gasteiger partial charge in [0.25, 0.3) is 10.1 Å². The van der Waals surface area contributed by atoms with Crippen LogP contribution in [-0.2, 0) is 20.3 Å². The van der Waals surface area contributed by atoms with E-state index in [0.717, 1.165) is 43.3 Å². The second-order valence-corrected chi connectivity index (χ2v) is 11.5. The van der Waals surface area contributed by atoms with Gasteiger partial charge < -0.3 is 9.32 Å². The van der Waals surface area contributed by atoms with Crippen molar-refractivity contribution in [2.45, 2.75) is 37.5 Å². The maximum Gasteiger partial charge on any atom is 0.332 e. The van der Waals surface area contributed by atoms with Crippen LogP contribution in [0, 0.1) is 0 Å². The third kappa shape index (κ3) is 5.18. The summed E-state index contributed by atoms with van der Waals surface area (Å²) in [5, 5.41) is 1.45. The molecule has 0 amide bonds. The monoisotopic (exact) mass is 561 g/mol. The molecule has 1 heterocycles. The van der Waals surface area contributed by atoms with Crippen LogP contribution in [-0.4, -0.2) is 47.6 Å². The fourth-order valence-electron chi connectivity index (χ4n) is 4.80. The Bertz CT molecular complexity index is 1770. The van der Waals surface area contributed by atoms with Crippen LogP contribution < -0.4 is 14.8 Å². The van der Waals surface area contributed by atoms with Gasteiger partial charge in [-0.3, -0.25) is 4.55 Å². The van der Waals surface area contributed by atoms with E-state index in [-0.39, 0.29) is 5.56 Å². The fourth-order valence-corrected chi connectivity index (χ4v) is 6.09. The highest BCUT2D eigenvalue weighted by atomic mass is 32.3. The van der Waals surface area contributed by atoms with Crippen molar-refractivity contribution in [3.63, 3.8) is 0 Å². The van der Waals surface area contributed by atoms with Crippen LogP contribution in [0.15, 0.2) is 68.8 Å². The van der Waals surface area contributed by atoms with Gasteiger partial charge in [0.2, 0.25) is 5.36 Å². The van der Waals surface area contributed by atoms with E-state index >= 15 is 0 Å². The maximum absolute atomic E-state index is 13.8. The topological polar surface area (TPSA) is 108 Å². The molecule has 0 saturated heterocycles. The van der Waals surface area contributed by atoms with Crippen LogP contribution in [0.5, 0.6) is 0 Å². The first-order valence-electron chi connectivity index (χ1n) is 12.3. The molecule has 0 unspecified atom stereocenters. The predicted molar refractivity (Wildman–Crippen MR) is 146 cm³/mol. The van der Waals surface area contributed by atoms with Crippen LogP contribution in [0.2, 0.25) is 0 Å². The average molecular weight is 562 g/mol. The smallest absolute Gasteiger partial charge is 0.332 e. The SMILES string of the molecule is CCN(CC)c1ccc2c(-c3ccc(S(=O)(=O)F)cc3S(=O)(=O)O)c3ccc(=[N+](CC)CC)cc-3oc2c1. The van der Waals surface area contributed by atoms with E-state index in [1.54, 1.807) is 12.1 Å². The molecule has 38 heavy (non-hydrogen) atoms. The van der Waals surface area contributed by atoms with E-state index in [1.165, 1.54) is 6.07 Å². The van der Waals surface area contributed by atoms with Crippen molar-refractivity contribution in [3.8, 4) is 22.5 Å². The molecule has 2 aromatic rings. The molecule has 8 nitrogen and oxygen atoms in total. The molecule has 0 saturated carbocycles. The Morgan fingerprint density at radius 2 is 1.53 bits per heavy atom. The fraction of sp³-hybridized carbons (Fsp3) is 0.296. The molecule has 0 atom stereocenters. The zero-order valence-corrected chi connectivity index (χ0v) is 23.2. The molecule has 2 aromatic carbocycles. The number of halogens is 1. The largest absolute Gasteiger partial charge is 0.456 e. The second kappa shape index (κ2) is 10.5. The van der Waals surface area contributed by atoms with E-state index in [9.17, 15) is 25.3 Å². The molecule has 0 radical (unpaired) electrons. The van der Waals surface area contributed by atoms with Crippen molar-refractivity contribution in [1.82, 2.24) is 4.58 Å². The lowest BCUT2D eigenvalue weighted by Crippen LogP contribution is -2.29. The van der Waals surface area contributed by atoms with Gasteiger partial charge in [-0.2, -0.15) is 16.8 Å². The van der Waals surface area contributed by atoms with Gasteiger partial charge in [0, 0.05) is 53.0 Å². The first kappa shape index (κ1) is 27.7. The Hall–Kier alpha value is -3.28. The summed E-state index contributed by atoms with van der Waals surface area (Å²) in [5.74, 6) is 0.470. The maximum atomic E-state index is 13.8. The summed E-state index contributed by atoms with van der Waals surface area (Å²) in [6.07, 6.45) is 0. The first-order valence-corrected chi connectivity index (χ1v) is 15.1. The van der Waals surface area contributed by atoms with Gasteiger partial charge in [-0.25, -0.2) is 4.58 Å². The lowest BCUT2D eigenvalue weighted by molar-refractivity contribution is 0.483. The minimum absolute atomic E-state index is 0.0249. The summed E-state index contributed by atoms with van der Waals surface area (Å²) < 4.78 is 80.2. The molecule has 11 heteroatoms. The van der Waals surface area contributed by atoms with Crippen LogP contribution in [0.25, 0.3) is 33.4 Å². The molecule has 0 fully saturated rings. The highest BCUT2D eigenvalue weighted by Gasteiger charge is 2.27. The van der Waals surface area contributed by atoms with Gasteiger partial charge in [0.05, 0.1) is 11.0 Å². The van der Waals surface area contributed by atoms with Crippen molar-refractivity contribution in [2.24, 2.45) is 0 Å². The number of anilines is 1. The second-order valence-electron chi connectivity index (χ2n) is 8.75. The first-order chi connectivity index (χ1) is 17.9. The molecule has 4 rings (SSSR count). The van der Waals surface area contributed by atoms with E-state index in [0.29, 0.717) is 33.9 Å². The van der Waals surface area contributed by atoms with E-state index in [4.69, 9.17) is 4.42 Å². The Morgan fingerprint density at radius 3 is 2.11 bits per heavy atom. The standard InChI is InChI=1S/C27H29FN2O6S2/c1-5-29(6-2)18-9-12-21-24(15-18)36-25-16-19(30(7-3)8-4)10-13-22(25)27(21)23-14-11-20(37(28,31)32)17-26(23)38(33,34)35/h9-17H,5-8H2,1-4H3/p+1. The number of rotatable bonds is 8. The molecule has 0 bridgehead atoms. The number of fused-ring (bicyclic) bond motifs is 2. The third-order valence-electron chi connectivity index (χ3n) is 6.73. The van der Waals surface area contributed by atoms with Crippen molar-refractivity contribution in [1.29, 1.82) is 0 Å². The van der Waals surface area contributed by atoms with Gasteiger partial charge in [-0.05, 0) is 58.0 Å². The molecule has 1 aliphatic carbocycles. The minimum Gasteiger partial charge on any atom is -0.456 e. The Labute approximate surface area is 222 Å². The van der Waals surface area contributed by atoms with Crippen molar-refractivity contribution in [2.75, 3.05) is 31.1 Å². The van der Waals surface area contributed by atoms with Gasteiger partial charge in [-0.15, -0.1) is 3.89 Å². The zero-order chi connectivity index (χ0) is 27.8. The molecular weight excluding hydrogens is 531 g/mol. The van der Waals surface area contributed by atoms with Crippen LogP contribution in [0.4, 0.5) is 9.57 Å². The Kier molecular flexibility index (Phi) is 7.64. The van der Waals surface area contributed by atoms with Crippen molar-refractivity contribution >= 4 is 37.0 Å². The molecule has 2 aliphatic rings. The molecule has 1 aliphatic heterocycles. The van der Waals surface area contributed by atoms with Crippen LogP contribution in [0.3, 0.4) is 0 Å². The molecular formula is C27H30FN2O6S2+. The predicted octanol–water partition coefficient (Wildman–Crippen LogP) is 4.77. The minimum atomic E-state index is -5.22. The van der Waals surface area contributed by atoms with Crippen molar-refractivity contribution in [3.05, 3.63) is 60.0 Å². The highest BCUT2D eigenvalue weighted by Crippen LogP contribution is 2.43. The van der Waals surface area contributed by atoms with Gasteiger partial charge in [0.15, 0.2) is 0 Å². The van der Waals surface area contributed by atoms with Gasteiger partial charge >= 0.3 is 10.2 Å².